The van der Waals surface area contributed by atoms with Crippen LogP contribution in [0.2, 0.25) is 0 Å². The van der Waals surface area contributed by atoms with E-state index in [0.29, 0.717) is 18.3 Å². The van der Waals surface area contributed by atoms with Crippen molar-refractivity contribution >= 4 is 10.0 Å². The van der Waals surface area contributed by atoms with Gasteiger partial charge >= 0.3 is 0 Å². The average molecular weight is 296 g/mol. The lowest BCUT2D eigenvalue weighted by Crippen LogP contribution is -2.26. The molecule has 1 aromatic carbocycles. The largest absolute Gasteiger partial charge is 0.492 e. The van der Waals surface area contributed by atoms with E-state index in [0.717, 1.165) is 32.4 Å². The molecule has 1 saturated carbocycles. The summed E-state index contributed by atoms with van der Waals surface area (Å²) in [6, 6.07) is 6.97. The van der Waals surface area contributed by atoms with Gasteiger partial charge in [0.05, 0.1) is 6.61 Å². The highest BCUT2D eigenvalue weighted by atomic mass is 32.2. The Bertz CT molecular complexity index is 564. The van der Waals surface area contributed by atoms with Gasteiger partial charge in [0.2, 0.25) is 10.0 Å². The molecule has 1 saturated heterocycles. The van der Waals surface area contributed by atoms with Gasteiger partial charge in [-0.15, -0.1) is 0 Å². The van der Waals surface area contributed by atoms with Gasteiger partial charge in [-0.3, -0.25) is 0 Å². The van der Waals surface area contributed by atoms with Gasteiger partial charge < -0.3 is 10.1 Å². The lowest BCUT2D eigenvalue weighted by molar-refractivity contribution is 0.254. The Labute approximate surface area is 119 Å². The van der Waals surface area contributed by atoms with Gasteiger partial charge in [0.25, 0.3) is 0 Å². The highest BCUT2D eigenvalue weighted by molar-refractivity contribution is 7.89. The normalized spacial score (nSPS) is 22.9. The number of sulfonamides is 1. The van der Waals surface area contributed by atoms with Crippen LogP contribution in [0.25, 0.3) is 0 Å². The first kappa shape index (κ1) is 13.9. The molecule has 0 spiro atoms. The molecular formula is C14H20N2O3S. The summed E-state index contributed by atoms with van der Waals surface area (Å²) in [4.78, 5) is 0.248. The van der Waals surface area contributed by atoms with Gasteiger partial charge in [-0.05, 0) is 37.9 Å². The average Bonchev–Trinajstić information content (AvgIpc) is 3.07. The van der Waals surface area contributed by atoms with Crippen molar-refractivity contribution in [3.8, 4) is 5.75 Å². The molecule has 20 heavy (non-hydrogen) atoms. The topological polar surface area (TPSA) is 67.4 Å². The molecule has 2 aliphatic rings. The minimum atomic E-state index is -3.46. The molecule has 1 unspecified atom stereocenters. The van der Waals surface area contributed by atoms with Crippen LogP contribution in [0.1, 0.15) is 19.3 Å². The number of rotatable bonds is 6. The predicted octanol–water partition coefficient (Wildman–Crippen LogP) is 1.12. The fourth-order valence-electron chi connectivity index (χ4n) is 2.34. The number of nitrogens with one attached hydrogen (secondary N) is 2. The van der Waals surface area contributed by atoms with Crippen molar-refractivity contribution in [2.45, 2.75) is 30.2 Å². The molecule has 5 nitrogen and oxygen atoms in total. The first-order valence-electron chi connectivity index (χ1n) is 7.10. The van der Waals surface area contributed by atoms with Crippen LogP contribution in [0.3, 0.4) is 0 Å². The minimum Gasteiger partial charge on any atom is -0.492 e. The summed E-state index contributed by atoms with van der Waals surface area (Å²) < 4.78 is 33.0. The molecule has 0 aromatic heterocycles. The van der Waals surface area contributed by atoms with Crippen molar-refractivity contribution in [1.82, 2.24) is 10.0 Å². The summed E-state index contributed by atoms with van der Waals surface area (Å²) in [5.41, 5.74) is 0. The Hall–Kier alpha value is -1.11. The zero-order chi connectivity index (χ0) is 14.0. The van der Waals surface area contributed by atoms with Crippen molar-refractivity contribution < 1.29 is 13.2 Å². The minimum absolute atomic E-state index is 0.104. The fraction of sp³-hybridized carbons (Fsp3) is 0.571. The molecular weight excluding hydrogens is 276 g/mol. The Morgan fingerprint density at radius 2 is 2.05 bits per heavy atom. The summed E-state index contributed by atoms with van der Waals surface area (Å²) in [6.07, 6.45) is 2.93. The van der Waals surface area contributed by atoms with Crippen LogP contribution in [-0.4, -0.2) is 34.2 Å². The van der Waals surface area contributed by atoms with E-state index >= 15 is 0 Å². The van der Waals surface area contributed by atoms with Crippen molar-refractivity contribution in [1.29, 1.82) is 0 Å². The number of benzene rings is 1. The van der Waals surface area contributed by atoms with Crippen molar-refractivity contribution in [3.05, 3.63) is 24.3 Å². The smallest absolute Gasteiger partial charge is 0.244 e. The van der Waals surface area contributed by atoms with Crippen LogP contribution in [-0.2, 0) is 10.0 Å². The zero-order valence-electron chi connectivity index (χ0n) is 11.3. The van der Waals surface area contributed by atoms with Gasteiger partial charge in [-0.25, -0.2) is 13.1 Å². The van der Waals surface area contributed by atoms with Crippen LogP contribution in [0, 0.1) is 5.92 Å². The van der Waals surface area contributed by atoms with E-state index in [9.17, 15) is 8.42 Å². The Morgan fingerprint density at radius 1 is 1.25 bits per heavy atom. The summed E-state index contributed by atoms with van der Waals surface area (Å²) in [6.45, 7) is 2.51. The Balaban J connectivity index is 1.73. The molecule has 1 aliphatic heterocycles. The lowest BCUT2D eigenvalue weighted by Gasteiger charge is -2.14. The molecule has 1 aromatic rings. The SMILES string of the molecule is O=S(=O)(NC1CC1)c1ccccc1OCC1CCNC1. The van der Waals surface area contributed by atoms with Crippen LogP contribution >= 0.6 is 0 Å². The van der Waals surface area contributed by atoms with Crippen LogP contribution < -0.4 is 14.8 Å². The van der Waals surface area contributed by atoms with E-state index in [2.05, 4.69) is 10.0 Å². The first-order valence-corrected chi connectivity index (χ1v) is 8.58. The summed E-state index contributed by atoms with van der Waals surface area (Å²) in [5, 5.41) is 3.28. The van der Waals surface area contributed by atoms with Crippen molar-refractivity contribution in [2.75, 3.05) is 19.7 Å². The van der Waals surface area contributed by atoms with Gasteiger partial charge in [-0.2, -0.15) is 0 Å². The second-order valence-corrected chi connectivity index (χ2v) is 7.19. The van der Waals surface area contributed by atoms with Gasteiger partial charge in [0.1, 0.15) is 10.6 Å². The molecule has 110 valence electrons. The van der Waals surface area contributed by atoms with Gasteiger partial charge in [0.15, 0.2) is 0 Å². The van der Waals surface area contributed by atoms with Crippen molar-refractivity contribution in [3.63, 3.8) is 0 Å². The molecule has 2 N–H and O–H groups in total. The Morgan fingerprint density at radius 3 is 2.75 bits per heavy atom. The summed E-state index contributed by atoms with van der Waals surface area (Å²) >= 11 is 0. The standard InChI is InChI=1S/C14H20N2O3S/c17-20(18,16-12-5-6-12)14-4-2-1-3-13(14)19-10-11-7-8-15-9-11/h1-4,11-12,15-16H,5-10H2. The van der Waals surface area contributed by atoms with Crippen LogP contribution in [0.4, 0.5) is 0 Å². The number of hydrogen-bond donors (Lipinski definition) is 2. The maximum Gasteiger partial charge on any atom is 0.244 e. The second kappa shape index (κ2) is 5.71. The number of hydrogen-bond acceptors (Lipinski definition) is 4. The summed E-state index contributed by atoms with van der Waals surface area (Å²) in [7, 11) is -3.46. The maximum absolute atomic E-state index is 12.3. The second-order valence-electron chi connectivity index (χ2n) is 5.51. The van der Waals surface area contributed by atoms with E-state index in [1.807, 2.05) is 0 Å². The maximum atomic E-state index is 12.3. The molecule has 1 atom stereocenters. The molecule has 1 heterocycles. The third kappa shape index (κ3) is 3.31. The fourth-order valence-corrected chi connectivity index (χ4v) is 3.79. The number of ether oxygens (including phenoxy) is 1. The number of para-hydroxylation sites is 1. The van der Waals surface area contributed by atoms with E-state index in [1.165, 1.54) is 0 Å². The van der Waals surface area contributed by atoms with Crippen molar-refractivity contribution in [2.24, 2.45) is 5.92 Å². The molecule has 6 heteroatoms. The van der Waals surface area contributed by atoms with E-state index in [1.54, 1.807) is 24.3 Å². The molecule has 3 rings (SSSR count). The quantitative estimate of drug-likeness (QED) is 0.825. The highest BCUT2D eigenvalue weighted by Gasteiger charge is 2.29. The predicted molar refractivity (Wildman–Crippen MR) is 76.3 cm³/mol. The van der Waals surface area contributed by atoms with E-state index in [4.69, 9.17) is 4.74 Å². The highest BCUT2D eigenvalue weighted by Crippen LogP contribution is 2.27. The first-order chi connectivity index (χ1) is 9.65. The van der Waals surface area contributed by atoms with Crippen LogP contribution in [0.5, 0.6) is 5.75 Å². The Kier molecular flexibility index (Phi) is 3.96. The monoisotopic (exact) mass is 296 g/mol. The third-order valence-corrected chi connectivity index (χ3v) is 5.23. The molecule has 0 radical (unpaired) electrons. The van der Waals surface area contributed by atoms with Gasteiger partial charge in [0, 0.05) is 18.5 Å². The van der Waals surface area contributed by atoms with E-state index < -0.39 is 10.0 Å². The molecule has 0 amide bonds. The molecule has 2 fully saturated rings. The summed E-state index contributed by atoms with van der Waals surface area (Å²) in [5.74, 6) is 0.912. The van der Waals surface area contributed by atoms with Gasteiger partial charge in [-0.1, -0.05) is 12.1 Å². The lowest BCUT2D eigenvalue weighted by atomic mass is 10.1. The van der Waals surface area contributed by atoms with Crippen LogP contribution in [0.15, 0.2) is 29.2 Å². The molecule has 1 aliphatic carbocycles. The zero-order valence-corrected chi connectivity index (χ0v) is 12.2. The third-order valence-electron chi connectivity index (χ3n) is 3.67. The van der Waals surface area contributed by atoms with E-state index in [-0.39, 0.29) is 10.9 Å². The molecule has 0 bridgehead atoms.